The van der Waals surface area contributed by atoms with Crippen LogP contribution in [0, 0.1) is 0 Å². The Bertz CT molecular complexity index is 3340. The van der Waals surface area contributed by atoms with E-state index in [2.05, 4.69) is 223 Å². The fourth-order valence-electron chi connectivity index (χ4n) is 9.28. The molecule has 0 atom stereocenters. The van der Waals surface area contributed by atoms with Crippen LogP contribution in [0.2, 0.25) is 0 Å². The number of benzene rings is 10. The van der Waals surface area contributed by atoms with Gasteiger partial charge < -0.3 is 4.57 Å². The van der Waals surface area contributed by atoms with Gasteiger partial charge in [-0.25, -0.2) is 15.0 Å². The first-order chi connectivity index (χ1) is 33.2. The smallest absolute Gasteiger partial charge is 0.164 e. The van der Waals surface area contributed by atoms with Crippen LogP contribution in [-0.4, -0.2) is 19.5 Å². The van der Waals surface area contributed by atoms with Crippen molar-refractivity contribution in [3.05, 3.63) is 255 Å². The zero-order chi connectivity index (χ0) is 44.5. The molecule has 314 valence electrons. The Morgan fingerprint density at radius 1 is 0.209 bits per heavy atom. The number of rotatable bonds is 9. The van der Waals surface area contributed by atoms with E-state index in [9.17, 15) is 0 Å². The van der Waals surface area contributed by atoms with Crippen molar-refractivity contribution >= 4 is 21.8 Å². The third kappa shape index (κ3) is 7.77. The van der Waals surface area contributed by atoms with E-state index in [0.717, 1.165) is 66.8 Å². The van der Waals surface area contributed by atoms with Crippen molar-refractivity contribution in [1.82, 2.24) is 19.5 Å². The van der Waals surface area contributed by atoms with Gasteiger partial charge in [-0.2, -0.15) is 0 Å². The first-order valence-electron chi connectivity index (χ1n) is 22.7. The maximum absolute atomic E-state index is 5.27. The van der Waals surface area contributed by atoms with Crippen molar-refractivity contribution in [2.75, 3.05) is 0 Å². The highest BCUT2D eigenvalue weighted by molar-refractivity contribution is 6.12. The summed E-state index contributed by atoms with van der Waals surface area (Å²) in [5.41, 5.74) is 17.4. The Balaban J connectivity index is 1.15. The van der Waals surface area contributed by atoms with Gasteiger partial charge in [0.25, 0.3) is 0 Å². The third-order valence-electron chi connectivity index (χ3n) is 12.6. The molecule has 0 N–H and O–H groups in total. The second kappa shape index (κ2) is 17.2. The Morgan fingerprint density at radius 2 is 0.493 bits per heavy atom. The van der Waals surface area contributed by atoms with Crippen LogP contribution in [0.25, 0.3) is 117 Å². The van der Waals surface area contributed by atoms with Gasteiger partial charge in [0.1, 0.15) is 0 Å². The molecule has 12 aromatic rings. The largest absolute Gasteiger partial charge is 0.309 e. The molecule has 0 unspecified atom stereocenters. The molecule has 0 aliphatic heterocycles. The first kappa shape index (κ1) is 39.6. The van der Waals surface area contributed by atoms with Gasteiger partial charge in [0, 0.05) is 33.2 Å². The van der Waals surface area contributed by atoms with E-state index in [-0.39, 0.29) is 0 Å². The molecule has 0 bridgehead atoms. The molecule has 0 saturated carbocycles. The molecule has 0 spiro atoms. The fourth-order valence-corrected chi connectivity index (χ4v) is 9.28. The van der Waals surface area contributed by atoms with E-state index >= 15 is 0 Å². The summed E-state index contributed by atoms with van der Waals surface area (Å²) in [5, 5.41) is 2.35. The predicted molar refractivity (Wildman–Crippen MR) is 278 cm³/mol. The van der Waals surface area contributed by atoms with Crippen LogP contribution in [-0.2, 0) is 0 Å². The lowest BCUT2D eigenvalue weighted by Gasteiger charge is -2.16. The van der Waals surface area contributed by atoms with Crippen molar-refractivity contribution in [2.45, 2.75) is 0 Å². The highest BCUT2D eigenvalue weighted by atomic mass is 15.0. The molecule has 12 rings (SSSR count). The molecule has 0 amide bonds. The van der Waals surface area contributed by atoms with Crippen molar-refractivity contribution in [3.63, 3.8) is 0 Å². The van der Waals surface area contributed by atoms with E-state index < -0.39 is 0 Å². The number of aromatic nitrogens is 4. The summed E-state index contributed by atoms with van der Waals surface area (Å²) >= 11 is 0. The Labute approximate surface area is 389 Å². The monoisotopic (exact) mass is 854 g/mol. The zero-order valence-electron chi connectivity index (χ0n) is 36.5. The SMILES string of the molecule is c1ccc(-c2cc(-c3ccccc3)cc(-c3cc(-c4nc(-c5ccccc5)nc(-c5ccccc5)n4)cc(-n4c5ccc(-c6ccccc6)cc5c5cc(-c6ccccc6)ccc54)c3)c2)cc1. The van der Waals surface area contributed by atoms with Crippen LogP contribution in [0.4, 0.5) is 0 Å². The molecule has 0 aliphatic carbocycles. The fraction of sp³-hybridized carbons (Fsp3) is 0. The summed E-state index contributed by atoms with van der Waals surface area (Å²) in [6.07, 6.45) is 0. The summed E-state index contributed by atoms with van der Waals surface area (Å²) in [6.45, 7) is 0. The van der Waals surface area contributed by atoms with Crippen molar-refractivity contribution in [3.8, 4) is 95.5 Å². The van der Waals surface area contributed by atoms with Gasteiger partial charge in [0.2, 0.25) is 0 Å². The third-order valence-corrected chi connectivity index (χ3v) is 12.6. The van der Waals surface area contributed by atoms with E-state index in [1.807, 2.05) is 36.4 Å². The summed E-state index contributed by atoms with van der Waals surface area (Å²) in [5.74, 6) is 1.83. The molecule has 4 nitrogen and oxygen atoms in total. The van der Waals surface area contributed by atoms with Gasteiger partial charge in [-0.15, -0.1) is 0 Å². The molecule has 0 saturated heterocycles. The Kier molecular flexibility index (Phi) is 10.2. The molecular formula is C63H42N4. The molecule has 2 heterocycles. The summed E-state index contributed by atoms with van der Waals surface area (Å²) in [7, 11) is 0. The lowest BCUT2D eigenvalue weighted by atomic mass is 9.92. The van der Waals surface area contributed by atoms with E-state index in [1.165, 1.54) is 33.0 Å². The van der Waals surface area contributed by atoms with Gasteiger partial charge in [0.15, 0.2) is 17.5 Å². The quantitative estimate of drug-likeness (QED) is 0.145. The normalized spacial score (nSPS) is 11.3. The van der Waals surface area contributed by atoms with Crippen molar-refractivity contribution in [1.29, 1.82) is 0 Å². The van der Waals surface area contributed by atoms with Crippen LogP contribution in [0.1, 0.15) is 0 Å². The molecule has 0 fully saturated rings. The average molecular weight is 855 g/mol. The number of fused-ring (bicyclic) bond motifs is 3. The average Bonchev–Trinajstić information content (AvgIpc) is 3.75. The summed E-state index contributed by atoms with van der Waals surface area (Å²) in [4.78, 5) is 15.6. The van der Waals surface area contributed by atoms with Gasteiger partial charge in [-0.05, 0) is 116 Å². The summed E-state index contributed by atoms with van der Waals surface area (Å²) < 4.78 is 2.41. The Morgan fingerprint density at radius 3 is 0.881 bits per heavy atom. The molecule has 0 aliphatic rings. The number of hydrogen-bond donors (Lipinski definition) is 0. The standard InChI is InChI=1S/C63H42N4/c1-7-19-43(20-8-1)49-31-33-59-57(41-49)58-42-50(44-21-9-2-10-22-44)32-34-60(58)67(59)56-39-54(53-36-51(45-23-11-3-12-24-45)35-52(37-53)46-25-13-4-14-26-46)38-55(40-56)63-65-61(47-27-15-5-16-28-47)64-62(66-63)48-29-17-6-18-30-48/h1-42H. The Hall–Kier alpha value is -8.99. The van der Waals surface area contributed by atoms with Gasteiger partial charge in [0.05, 0.1) is 11.0 Å². The predicted octanol–water partition coefficient (Wildman–Crippen LogP) is 16.3. The molecule has 0 radical (unpaired) electrons. The number of hydrogen-bond acceptors (Lipinski definition) is 3. The second-order valence-electron chi connectivity index (χ2n) is 16.9. The lowest BCUT2D eigenvalue weighted by Crippen LogP contribution is -2.02. The molecule has 4 heteroatoms. The second-order valence-corrected chi connectivity index (χ2v) is 16.9. The molecule has 10 aromatic carbocycles. The van der Waals surface area contributed by atoms with E-state index in [0.29, 0.717) is 17.5 Å². The van der Waals surface area contributed by atoms with Crippen LogP contribution in [0.5, 0.6) is 0 Å². The van der Waals surface area contributed by atoms with Gasteiger partial charge in [-0.1, -0.05) is 194 Å². The highest BCUT2D eigenvalue weighted by Gasteiger charge is 2.20. The zero-order valence-corrected chi connectivity index (χ0v) is 36.5. The van der Waals surface area contributed by atoms with E-state index in [1.54, 1.807) is 0 Å². The van der Waals surface area contributed by atoms with Gasteiger partial charge in [-0.3, -0.25) is 0 Å². The van der Waals surface area contributed by atoms with Crippen LogP contribution in [0.15, 0.2) is 255 Å². The molecule has 2 aromatic heterocycles. The maximum atomic E-state index is 5.27. The lowest BCUT2D eigenvalue weighted by molar-refractivity contribution is 1.07. The van der Waals surface area contributed by atoms with Gasteiger partial charge >= 0.3 is 0 Å². The molecule has 67 heavy (non-hydrogen) atoms. The molecular weight excluding hydrogens is 813 g/mol. The minimum atomic E-state index is 0.594. The maximum Gasteiger partial charge on any atom is 0.164 e. The first-order valence-corrected chi connectivity index (χ1v) is 22.7. The van der Waals surface area contributed by atoms with E-state index in [4.69, 9.17) is 15.0 Å². The highest BCUT2D eigenvalue weighted by Crippen LogP contribution is 2.41. The number of nitrogens with zero attached hydrogens (tertiary/aromatic N) is 4. The van der Waals surface area contributed by atoms with Crippen molar-refractivity contribution < 1.29 is 0 Å². The van der Waals surface area contributed by atoms with Crippen molar-refractivity contribution in [2.24, 2.45) is 0 Å². The minimum absolute atomic E-state index is 0.594. The summed E-state index contributed by atoms with van der Waals surface area (Å²) in [6, 6.07) is 90.4. The van der Waals surface area contributed by atoms with Crippen LogP contribution < -0.4 is 0 Å². The van der Waals surface area contributed by atoms with Crippen LogP contribution >= 0.6 is 0 Å². The van der Waals surface area contributed by atoms with Crippen LogP contribution in [0.3, 0.4) is 0 Å². The minimum Gasteiger partial charge on any atom is -0.309 e. The topological polar surface area (TPSA) is 43.6 Å².